The molecule has 0 fully saturated rings. The Morgan fingerprint density at radius 1 is 1.30 bits per heavy atom. The van der Waals surface area contributed by atoms with E-state index in [1.54, 1.807) is 24.3 Å². The first-order chi connectivity index (χ1) is 9.28. The Morgan fingerprint density at radius 2 is 1.95 bits per heavy atom. The lowest BCUT2D eigenvalue weighted by atomic mass is 10.2. The monoisotopic (exact) mass is 303 g/mol. The van der Waals surface area contributed by atoms with Gasteiger partial charge in [0.1, 0.15) is 24.2 Å². The Bertz CT molecular complexity index is 515. The third-order valence-electron chi connectivity index (χ3n) is 2.50. The van der Waals surface area contributed by atoms with Crippen LogP contribution in [0.25, 0.3) is 0 Å². The van der Waals surface area contributed by atoms with Gasteiger partial charge in [0, 0.05) is 18.2 Å². The third kappa shape index (κ3) is 6.85. The van der Waals surface area contributed by atoms with E-state index in [4.69, 9.17) is 9.29 Å². The molecule has 6 nitrogen and oxygen atoms in total. The van der Waals surface area contributed by atoms with Gasteiger partial charge in [0.15, 0.2) is 0 Å². The molecule has 1 aromatic rings. The Hall–Kier alpha value is -1.15. The second-order valence-corrected chi connectivity index (χ2v) is 6.31. The summed E-state index contributed by atoms with van der Waals surface area (Å²) in [7, 11) is -4.11. The van der Waals surface area contributed by atoms with Crippen LogP contribution >= 0.6 is 0 Å². The zero-order valence-corrected chi connectivity index (χ0v) is 12.4. The van der Waals surface area contributed by atoms with Gasteiger partial charge in [-0.05, 0) is 6.07 Å². The van der Waals surface area contributed by atoms with Crippen LogP contribution in [0.4, 0.5) is 0 Å². The molecule has 0 aliphatic heterocycles. The smallest absolute Gasteiger partial charge is 0.269 e. The minimum absolute atomic E-state index is 0.0439. The van der Waals surface area contributed by atoms with Crippen LogP contribution in [-0.2, 0) is 15.9 Å². The largest absolute Gasteiger partial charge is 0.491 e. The molecule has 0 bridgehead atoms. The molecule has 3 N–H and O–H groups in total. The first kappa shape index (κ1) is 16.9. The molecule has 20 heavy (non-hydrogen) atoms. The topological polar surface area (TPSA) is 95.9 Å². The van der Waals surface area contributed by atoms with Crippen molar-refractivity contribution >= 4 is 10.1 Å². The van der Waals surface area contributed by atoms with Crippen LogP contribution in [0.1, 0.15) is 19.4 Å². The zero-order chi connectivity index (χ0) is 15.2. The number of hydrogen-bond acceptors (Lipinski definition) is 5. The number of rotatable bonds is 8. The fourth-order valence-electron chi connectivity index (χ4n) is 1.58. The summed E-state index contributed by atoms with van der Waals surface area (Å²) in [5.74, 6) is -0.169. The average Bonchev–Trinajstić information content (AvgIpc) is 2.33. The number of aliphatic hydroxyl groups is 1. The Labute approximate surface area is 119 Å². The van der Waals surface area contributed by atoms with E-state index in [1.165, 1.54) is 0 Å². The van der Waals surface area contributed by atoms with Crippen molar-refractivity contribution in [2.45, 2.75) is 31.7 Å². The molecular weight excluding hydrogens is 282 g/mol. The maximum atomic E-state index is 10.9. The van der Waals surface area contributed by atoms with Crippen molar-refractivity contribution < 1.29 is 22.8 Å². The lowest BCUT2D eigenvalue weighted by Crippen LogP contribution is -2.35. The molecule has 0 heterocycles. The molecule has 0 saturated carbocycles. The summed E-state index contributed by atoms with van der Waals surface area (Å²) in [5.41, 5.74) is 0.360. The van der Waals surface area contributed by atoms with E-state index in [2.05, 4.69) is 5.32 Å². The van der Waals surface area contributed by atoms with E-state index in [-0.39, 0.29) is 12.6 Å². The quantitative estimate of drug-likeness (QED) is 0.615. The highest BCUT2D eigenvalue weighted by molar-refractivity contribution is 7.85. The molecule has 1 rings (SSSR count). The van der Waals surface area contributed by atoms with Gasteiger partial charge in [0.05, 0.1) is 0 Å². The first-order valence-electron chi connectivity index (χ1n) is 6.35. The van der Waals surface area contributed by atoms with Gasteiger partial charge in [-0.1, -0.05) is 32.0 Å². The second-order valence-electron chi connectivity index (χ2n) is 4.86. The predicted molar refractivity (Wildman–Crippen MR) is 76.3 cm³/mol. The maximum absolute atomic E-state index is 10.9. The summed E-state index contributed by atoms with van der Waals surface area (Å²) < 4.78 is 36.1. The van der Waals surface area contributed by atoms with Crippen LogP contribution in [0, 0.1) is 0 Å². The SMILES string of the molecule is CC(C)NCC(O)COc1ccccc1CS(=O)(=O)O. The Balaban J connectivity index is 2.59. The van der Waals surface area contributed by atoms with Crippen molar-refractivity contribution in [2.75, 3.05) is 13.2 Å². The van der Waals surface area contributed by atoms with E-state index in [1.807, 2.05) is 13.8 Å². The molecule has 0 aliphatic rings. The van der Waals surface area contributed by atoms with Gasteiger partial charge in [-0.3, -0.25) is 4.55 Å². The van der Waals surface area contributed by atoms with Gasteiger partial charge < -0.3 is 15.2 Å². The van der Waals surface area contributed by atoms with Gasteiger partial charge >= 0.3 is 0 Å². The molecule has 1 atom stereocenters. The number of hydrogen-bond donors (Lipinski definition) is 3. The molecule has 114 valence electrons. The van der Waals surface area contributed by atoms with Gasteiger partial charge in [0.25, 0.3) is 10.1 Å². The third-order valence-corrected chi connectivity index (χ3v) is 3.18. The Morgan fingerprint density at radius 3 is 2.55 bits per heavy atom. The maximum Gasteiger partial charge on any atom is 0.269 e. The van der Waals surface area contributed by atoms with Gasteiger partial charge in [-0.2, -0.15) is 8.42 Å². The highest BCUT2D eigenvalue weighted by Crippen LogP contribution is 2.20. The number of para-hydroxylation sites is 1. The van der Waals surface area contributed by atoms with E-state index in [0.717, 1.165) is 0 Å². The van der Waals surface area contributed by atoms with Crippen LogP contribution in [0.15, 0.2) is 24.3 Å². The van der Waals surface area contributed by atoms with Crippen LogP contribution in [0.3, 0.4) is 0 Å². The molecule has 0 aliphatic carbocycles. The van der Waals surface area contributed by atoms with E-state index < -0.39 is 22.0 Å². The molecule has 0 spiro atoms. The zero-order valence-electron chi connectivity index (χ0n) is 11.6. The minimum Gasteiger partial charge on any atom is -0.491 e. The molecular formula is C13H21NO5S. The molecule has 1 unspecified atom stereocenters. The van der Waals surface area contributed by atoms with E-state index in [0.29, 0.717) is 17.9 Å². The lowest BCUT2D eigenvalue weighted by Gasteiger charge is -2.16. The summed E-state index contributed by atoms with van der Waals surface area (Å²) in [6.45, 7) is 4.37. The van der Waals surface area contributed by atoms with E-state index in [9.17, 15) is 13.5 Å². The minimum atomic E-state index is -4.11. The van der Waals surface area contributed by atoms with Crippen molar-refractivity contribution in [3.05, 3.63) is 29.8 Å². The average molecular weight is 303 g/mol. The number of nitrogens with one attached hydrogen (secondary N) is 1. The van der Waals surface area contributed by atoms with Crippen LogP contribution in [0.2, 0.25) is 0 Å². The molecule has 7 heteroatoms. The van der Waals surface area contributed by atoms with Crippen molar-refractivity contribution in [1.29, 1.82) is 0 Å². The standard InChI is InChI=1S/C13H21NO5S/c1-10(2)14-7-12(15)8-19-13-6-4-3-5-11(13)9-20(16,17)18/h3-6,10,12,14-15H,7-9H2,1-2H3,(H,16,17,18). The highest BCUT2D eigenvalue weighted by Gasteiger charge is 2.13. The van der Waals surface area contributed by atoms with Gasteiger partial charge in [0.2, 0.25) is 0 Å². The number of benzene rings is 1. The predicted octanol–water partition coefficient (Wildman–Crippen LogP) is 0.812. The summed E-state index contributed by atoms with van der Waals surface area (Å²) in [4.78, 5) is 0. The summed E-state index contributed by atoms with van der Waals surface area (Å²) in [6.07, 6.45) is -0.698. The van der Waals surface area contributed by atoms with Crippen molar-refractivity contribution in [1.82, 2.24) is 5.32 Å². The Kier molecular flexibility index (Phi) is 6.41. The summed E-state index contributed by atoms with van der Waals surface area (Å²) in [5, 5.41) is 12.8. The van der Waals surface area contributed by atoms with Crippen LogP contribution in [-0.4, -0.2) is 43.4 Å². The second kappa shape index (κ2) is 7.58. The molecule has 1 aromatic carbocycles. The normalized spacial score (nSPS) is 13.4. The van der Waals surface area contributed by atoms with Crippen LogP contribution < -0.4 is 10.1 Å². The summed E-state index contributed by atoms with van der Waals surface area (Å²) in [6, 6.07) is 6.77. The van der Waals surface area contributed by atoms with Gasteiger partial charge in [-0.15, -0.1) is 0 Å². The molecule has 0 aromatic heterocycles. The molecule has 0 radical (unpaired) electrons. The fraction of sp³-hybridized carbons (Fsp3) is 0.538. The van der Waals surface area contributed by atoms with Crippen molar-refractivity contribution in [2.24, 2.45) is 0 Å². The van der Waals surface area contributed by atoms with Gasteiger partial charge in [-0.25, -0.2) is 0 Å². The highest BCUT2D eigenvalue weighted by atomic mass is 32.2. The van der Waals surface area contributed by atoms with E-state index >= 15 is 0 Å². The number of aliphatic hydroxyl groups excluding tert-OH is 1. The summed E-state index contributed by atoms with van der Waals surface area (Å²) >= 11 is 0. The van der Waals surface area contributed by atoms with Crippen LogP contribution in [0.5, 0.6) is 5.75 Å². The molecule has 0 saturated heterocycles. The number of ether oxygens (including phenoxy) is 1. The van der Waals surface area contributed by atoms with Crippen molar-refractivity contribution in [3.63, 3.8) is 0 Å². The molecule has 0 amide bonds. The van der Waals surface area contributed by atoms with Crippen molar-refractivity contribution in [3.8, 4) is 5.75 Å². The fourth-order valence-corrected chi connectivity index (χ4v) is 2.21. The first-order valence-corrected chi connectivity index (χ1v) is 7.96. The lowest BCUT2D eigenvalue weighted by molar-refractivity contribution is 0.104.